The van der Waals surface area contributed by atoms with Gasteiger partial charge in [0.2, 0.25) is 0 Å². The monoisotopic (exact) mass is 320 g/mol. The van der Waals surface area contributed by atoms with Crippen LogP contribution < -0.4 is 0 Å². The first-order valence-corrected chi connectivity index (χ1v) is 10.9. The molecular weight excluding hydrogens is 280 g/mol. The van der Waals surface area contributed by atoms with Crippen LogP contribution in [0.3, 0.4) is 0 Å². The lowest BCUT2D eigenvalue weighted by Gasteiger charge is -2.50. The van der Waals surface area contributed by atoms with E-state index in [4.69, 9.17) is 4.74 Å². The van der Waals surface area contributed by atoms with E-state index in [0.29, 0.717) is 6.10 Å². The van der Waals surface area contributed by atoms with Crippen molar-refractivity contribution in [2.24, 2.45) is 29.6 Å². The molecule has 0 saturated heterocycles. The lowest BCUT2D eigenvalue weighted by atomic mass is 9.56. The minimum absolute atomic E-state index is 0.598. The van der Waals surface area contributed by atoms with Gasteiger partial charge in [-0.2, -0.15) is 0 Å². The van der Waals surface area contributed by atoms with E-state index >= 15 is 0 Å². The van der Waals surface area contributed by atoms with Gasteiger partial charge in [0.05, 0.1) is 6.10 Å². The van der Waals surface area contributed by atoms with Gasteiger partial charge in [0.15, 0.2) is 0 Å². The predicted molar refractivity (Wildman–Crippen MR) is 98.6 cm³/mol. The van der Waals surface area contributed by atoms with E-state index in [-0.39, 0.29) is 0 Å². The Labute approximate surface area is 144 Å². The van der Waals surface area contributed by atoms with Crippen LogP contribution in [0.25, 0.3) is 0 Å². The first-order valence-electron chi connectivity index (χ1n) is 10.9. The molecule has 3 rings (SSSR count). The van der Waals surface area contributed by atoms with E-state index in [0.717, 1.165) is 36.2 Å². The van der Waals surface area contributed by atoms with Crippen LogP contribution in [0.4, 0.5) is 0 Å². The SMILES string of the molecule is CCCCCOC1CCC2C(CCC3CC(CCC)CCC32)C1. The second-order valence-electron chi connectivity index (χ2n) is 8.91. The number of unbranched alkanes of at least 4 members (excludes halogenated alkanes) is 2. The highest BCUT2D eigenvalue weighted by Gasteiger charge is 2.44. The van der Waals surface area contributed by atoms with Crippen molar-refractivity contribution in [1.29, 1.82) is 0 Å². The van der Waals surface area contributed by atoms with Crippen molar-refractivity contribution in [1.82, 2.24) is 0 Å². The van der Waals surface area contributed by atoms with Gasteiger partial charge in [-0.05, 0) is 81.0 Å². The lowest BCUT2D eigenvalue weighted by Crippen LogP contribution is -2.42. The van der Waals surface area contributed by atoms with Gasteiger partial charge in [0, 0.05) is 6.61 Å². The molecule has 0 amide bonds. The molecule has 0 N–H and O–H groups in total. The number of hydrogen-bond donors (Lipinski definition) is 0. The van der Waals surface area contributed by atoms with Gasteiger partial charge in [0.1, 0.15) is 0 Å². The zero-order valence-electron chi connectivity index (χ0n) is 15.8. The molecule has 0 radical (unpaired) electrons. The molecule has 3 aliphatic rings. The summed E-state index contributed by atoms with van der Waals surface area (Å²) in [6.07, 6.45) is 19.3. The van der Waals surface area contributed by atoms with Crippen molar-refractivity contribution in [2.45, 2.75) is 103 Å². The Morgan fingerprint density at radius 3 is 2.22 bits per heavy atom. The fraction of sp³-hybridized carbons (Fsp3) is 1.00. The molecule has 0 aromatic heterocycles. The van der Waals surface area contributed by atoms with Crippen LogP contribution in [-0.4, -0.2) is 12.7 Å². The number of rotatable bonds is 7. The van der Waals surface area contributed by atoms with Crippen LogP contribution in [0.1, 0.15) is 97.3 Å². The number of fused-ring (bicyclic) bond motifs is 3. The highest BCUT2D eigenvalue weighted by Crippen LogP contribution is 2.53. The van der Waals surface area contributed by atoms with Crippen molar-refractivity contribution in [3.8, 4) is 0 Å². The molecule has 1 heteroatoms. The summed E-state index contributed by atoms with van der Waals surface area (Å²) in [5, 5.41) is 0. The Morgan fingerprint density at radius 2 is 1.48 bits per heavy atom. The van der Waals surface area contributed by atoms with Gasteiger partial charge in [-0.25, -0.2) is 0 Å². The van der Waals surface area contributed by atoms with Crippen molar-refractivity contribution >= 4 is 0 Å². The van der Waals surface area contributed by atoms with E-state index in [1.165, 1.54) is 70.6 Å². The van der Waals surface area contributed by atoms with Gasteiger partial charge in [0.25, 0.3) is 0 Å². The minimum atomic E-state index is 0.598. The normalized spacial score (nSPS) is 40.4. The van der Waals surface area contributed by atoms with E-state index in [9.17, 15) is 0 Å². The van der Waals surface area contributed by atoms with Gasteiger partial charge in [-0.1, -0.05) is 46.0 Å². The largest absolute Gasteiger partial charge is 0.378 e. The molecule has 23 heavy (non-hydrogen) atoms. The zero-order chi connectivity index (χ0) is 16.1. The van der Waals surface area contributed by atoms with E-state index in [1.54, 1.807) is 12.8 Å². The van der Waals surface area contributed by atoms with Crippen molar-refractivity contribution < 1.29 is 4.74 Å². The summed E-state index contributed by atoms with van der Waals surface area (Å²) in [6, 6.07) is 0. The average molecular weight is 321 g/mol. The molecule has 0 spiro atoms. The summed E-state index contributed by atoms with van der Waals surface area (Å²) in [4.78, 5) is 0. The van der Waals surface area contributed by atoms with Gasteiger partial charge in [-0.15, -0.1) is 0 Å². The quantitative estimate of drug-likeness (QED) is 0.480. The third-order valence-electron chi connectivity index (χ3n) is 7.40. The topological polar surface area (TPSA) is 9.23 Å². The molecule has 3 fully saturated rings. The van der Waals surface area contributed by atoms with Crippen LogP contribution in [0.2, 0.25) is 0 Å². The Hall–Kier alpha value is -0.0400. The number of hydrogen-bond acceptors (Lipinski definition) is 1. The molecule has 1 nitrogen and oxygen atoms in total. The van der Waals surface area contributed by atoms with E-state index < -0.39 is 0 Å². The maximum Gasteiger partial charge on any atom is 0.0578 e. The molecule has 6 unspecified atom stereocenters. The first-order chi connectivity index (χ1) is 11.3. The highest BCUT2D eigenvalue weighted by atomic mass is 16.5. The van der Waals surface area contributed by atoms with Crippen LogP contribution >= 0.6 is 0 Å². The molecule has 0 aliphatic heterocycles. The molecule has 3 aliphatic carbocycles. The van der Waals surface area contributed by atoms with Crippen molar-refractivity contribution in [3.63, 3.8) is 0 Å². The number of ether oxygens (including phenoxy) is 1. The summed E-state index contributed by atoms with van der Waals surface area (Å²) >= 11 is 0. The summed E-state index contributed by atoms with van der Waals surface area (Å²) in [5.74, 6) is 5.30. The van der Waals surface area contributed by atoms with Crippen LogP contribution in [-0.2, 0) is 4.74 Å². The standard InChI is InChI=1S/C22H40O/c1-3-5-6-14-23-20-11-13-22-19(16-20)10-9-18-15-17(7-4-2)8-12-21(18)22/h17-22H,3-16H2,1-2H3. The Balaban J connectivity index is 1.46. The van der Waals surface area contributed by atoms with Gasteiger partial charge >= 0.3 is 0 Å². The van der Waals surface area contributed by atoms with E-state index in [1.807, 2.05) is 0 Å². The summed E-state index contributed by atoms with van der Waals surface area (Å²) in [7, 11) is 0. The smallest absolute Gasteiger partial charge is 0.0578 e. The summed E-state index contributed by atoms with van der Waals surface area (Å²) < 4.78 is 6.22. The van der Waals surface area contributed by atoms with Gasteiger partial charge in [-0.3, -0.25) is 0 Å². The van der Waals surface area contributed by atoms with E-state index in [2.05, 4.69) is 13.8 Å². The molecule has 134 valence electrons. The third-order valence-corrected chi connectivity index (χ3v) is 7.40. The first kappa shape index (κ1) is 17.8. The van der Waals surface area contributed by atoms with Crippen LogP contribution in [0, 0.1) is 29.6 Å². The highest BCUT2D eigenvalue weighted by molar-refractivity contribution is 4.94. The Kier molecular flexibility index (Phi) is 6.86. The van der Waals surface area contributed by atoms with Crippen LogP contribution in [0.5, 0.6) is 0 Å². The van der Waals surface area contributed by atoms with Gasteiger partial charge < -0.3 is 4.74 Å². The maximum absolute atomic E-state index is 6.22. The Morgan fingerprint density at radius 1 is 0.739 bits per heavy atom. The maximum atomic E-state index is 6.22. The molecule has 0 bridgehead atoms. The molecule has 6 atom stereocenters. The van der Waals surface area contributed by atoms with Crippen LogP contribution in [0.15, 0.2) is 0 Å². The molecule has 0 aromatic carbocycles. The fourth-order valence-electron chi connectivity index (χ4n) is 6.27. The lowest BCUT2D eigenvalue weighted by molar-refractivity contribution is -0.0538. The minimum Gasteiger partial charge on any atom is -0.378 e. The summed E-state index contributed by atoms with van der Waals surface area (Å²) in [6.45, 7) is 5.66. The second kappa shape index (κ2) is 8.88. The fourth-order valence-corrected chi connectivity index (χ4v) is 6.27. The predicted octanol–water partition coefficient (Wildman–Crippen LogP) is 6.60. The summed E-state index contributed by atoms with van der Waals surface area (Å²) in [5.41, 5.74) is 0. The molecular formula is C22H40O. The molecule has 0 aromatic rings. The second-order valence-corrected chi connectivity index (χ2v) is 8.91. The van der Waals surface area contributed by atoms with Crippen molar-refractivity contribution in [3.05, 3.63) is 0 Å². The molecule has 3 saturated carbocycles. The Bertz CT molecular complexity index is 339. The zero-order valence-corrected chi connectivity index (χ0v) is 15.8. The van der Waals surface area contributed by atoms with Crippen molar-refractivity contribution in [2.75, 3.05) is 6.61 Å². The molecule has 0 heterocycles. The average Bonchev–Trinajstić information content (AvgIpc) is 2.58. The third kappa shape index (κ3) is 4.53.